The van der Waals surface area contributed by atoms with Gasteiger partial charge in [-0.3, -0.25) is 0 Å². The number of hydrogen-bond donors (Lipinski definition) is 1. The third kappa shape index (κ3) is 3.57. The second-order valence-electron chi connectivity index (χ2n) is 4.42. The normalized spacial score (nSPS) is 11.9. The van der Waals surface area contributed by atoms with Gasteiger partial charge in [0.2, 0.25) is 0 Å². The first-order chi connectivity index (χ1) is 9.72. The molecule has 0 fully saturated rings. The van der Waals surface area contributed by atoms with Crippen molar-refractivity contribution < 1.29 is 9.53 Å². The molecule has 6 heteroatoms. The van der Waals surface area contributed by atoms with Crippen molar-refractivity contribution in [3.05, 3.63) is 42.5 Å². The first-order valence-electron chi connectivity index (χ1n) is 6.48. The lowest BCUT2D eigenvalue weighted by Gasteiger charge is -2.16. The number of carbonyl (C=O) groups excluding carboxylic acids is 1. The number of anilines is 1. The van der Waals surface area contributed by atoms with Gasteiger partial charge in [-0.25, -0.2) is 14.5 Å². The zero-order valence-corrected chi connectivity index (χ0v) is 11.6. The lowest BCUT2D eigenvalue weighted by Crippen LogP contribution is -2.29. The predicted octanol–water partition coefficient (Wildman–Crippen LogP) is 1.69. The molecule has 1 aromatic heterocycles. The van der Waals surface area contributed by atoms with Gasteiger partial charge in [0.05, 0.1) is 13.7 Å². The van der Waals surface area contributed by atoms with Crippen molar-refractivity contribution in [3.8, 4) is 0 Å². The van der Waals surface area contributed by atoms with E-state index in [9.17, 15) is 4.79 Å². The van der Waals surface area contributed by atoms with Crippen LogP contribution in [-0.2, 0) is 16.1 Å². The number of hydrogen-bond acceptors (Lipinski definition) is 5. The van der Waals surface area contributed by atoms with Gasteiger partial charge in [0.15, 0.2) is 0 Å². The molecule has 0 saturated carbocycles. The molecule has 0 spiro atoms. The average molecular weight is 274 g/mol. The molecular weight excluding hydrogens is 256 g/mol. The van der Waals surface area contributed by atoms with Crippen molar-refractivity contribution in [3.63, 3.8) is 0 Å². The Labute approximate surface area is 117 Å². The molecule has 106 valence electrons. The van der Waals surface area contributed by atoms with Crippen LogP contribution in [-0.4, -0.2) is 33.9 Å². The minimum atomic E-state index is -0.318. The van der Waals surface area contributed by atoms with Crippen LogP contribution in [0.4, 0.5) is 5.69 Å². The van der Waals surface area contributed by atoms with E-state index in [0.717, 1.165) is 11.3 Å². The minimum absolute atomic E-state index is 0.251. The average Bonchev–Trinajstić information content (AvgIpc) is 2.98. The second kappa shape index (κ2) is 6.70. The second-order valence-corrected chi connectivity index (χ2v) is 4.42. The molecule has 1 aromatic carbocycles. The molecule has 0 aliphatic heterocycles. The third-order valence-corrected chi connectivity index (χ3v) is 3.00. The summed E-state index contributed by atoms with van der Waals surface area (Å²) < 4.78 is 6.51. The number of carbonyl (C=O) groups is 1. The largest absolute Gasteiger partial charge is 0.467 e. The van der Waals surface area contributed by atoms with Gasteiger partial charge in [0.25, 0.3) is 0 Å². The Morgan fingerprint density at radius 2 is 2.15 bits per heavy atom. The highest BCUT2D eigenvalue weighted by Crippen LogP contribution is 2.13. The number of methoxy groups -OCH3 is 1. The Hall–Kier alpha value is -2.37. The van der Waals surface area contributed by atoms with Crippen LogP contribution in [0, 0.1) is 0 Å². The summed E-state index contributed by atoms with van der Waals surface area (Å²) in [4.78, 5) is 15.4. The summed E-state index contributed by atoms with van der Waals surface area (Å²) in [5.74, 6) is -0.251. The summed E-state index contributed by atoms with van der Waals surface area (Å²) >= 11 is 0. The third-order valence-electron chi connectivity index (χ3n) is 3.00. The van der Waals surface area contributed by atoms with E-state index in [0.29, 0.717) is 13.0 Å². The summed E-state index contributed by atoms with van der Waals surface area (Å²) in [6.45, 7) is 2.61. The highest BCUT2D eigenvalue weighted by molar-refractivity contribution is 5.79. The van der Waals surface area contributed by atoms with E-state index in [1.165, 1.54) is 13.4 Å². The molecule has 20 heavy (non-hydrogen) atoms. The standard InChI is InChI=1S/C14H18N4O2/c1-3-13(14(19)20-2)17-12-6-4-11(5-7-12)8-18-10-15-9-16-18/h4-7,9-10,13,17H,3,8H2,1-2H3/t13-/m0/s1. The molecule has 0 radical (unpaired) electrons. The maximum absolute atomic E-state index is 11.5. The Kier molecular flexibility index (Phi) is 4.70. The Morgan fingerprint density at radius 3 is 2.70 bits per heavy atom. The van der Waals surface area contributed by atoms with Crippen LogP contribution in [0.15, 0.2) is 36.9 Å². The summed E-state index contributed by atoms with van der Waals surface area (Å²) in [5, 5.41) is 7.21. The smallest absolute Gasteiger partial charge is 0.328 e. The van der Waals surface area contributed by atoms with Gasteiger partial charge >= 0.3 is 5.97 Å². The molecule has 0 saturated heterocycles. The number of ether oxygens (including phenoxy) is 1. The first kappa shape index (κ1) is 14.0. The van der Waals surface area contributed by atoms with Crippen molar-refractivity contribution in [1.29, 1.82) is 0 Å². The maximum atomic E-state index is 11.5. The summed E-state index contributed by atoms with van der Waals surface area (Å²) in [6, 6.07) is 7.55. The fourth-order valence-electron chi connectivity index (χ4n) is 1.88. The summed E-state index contributed by atoms with van der Waals surface area (Å²) in [7, 11) is 1.40. The molecular formula is C14H18N4O2. The molecule has 1 heterocycles. The van der Waals surface area contributed by atoms with E-state index < -0.39 is 0 Å². The van der Waals surface area contributed by atoms with Crippen LogP contribution in [0.1, 0.15) is 18.9 Å². The van der Waals surface area contributed by atoms with Crippen molar-refractivity contribution in [2.45, 2.75) is 25.9 Å². The van der Waals surface area contributed by atoms with Gasteiger partial charge in [-0.05, 0) is 24.1 Å². The zero-order chi connectivity index (χ0) is 14.4. The maximum Gasteiger partial charge on any atom is 0.328 e. The van der Waals surface area contributed by atoms with Gasteiger partial charge in [0, 0.05) is 5.69 Å². The number of nitrogens with zero attached hydrogens (tertiary/aromatic N) is 3. The predicted molar refractivity (Wildman–Crippen MR) is 75.3 cm³/mol. The zero-order valence-electron chi connectivity index (χ0n) is 11.6. The molecule has 0 amide bonds. The van der Waals surface area contributed by atoms with Gasteiger partial charge in [-0.2, -0.15) is 5.10 Å². The van der Waals surface area contributed by atoms with Crippen LogP contribution in [0.25, 0.3) is 0 Å². The van der Waals surface area contributed by atoms with E-state index in [1.54, 1.807) is 11.0 Å². The highest BCUT2D eigenvalue weighted by Gasteiger charge is 2.16. The van der Waals surface area contributed by atoms with Crippen molar-refractivity contribution in [2.75, 3.05) is 12.4 Å². The topological polar surface area (TPSA) is 69.0 Å². The van der Waals surface area contributed by atoms with Crippen LogP contribution in [0.5, 0.6) is 0 Å². The molecule has 6 nitrogen and oxygen atoms in total. The van der Waals surface area contributed by atoms with E-state index in [2.05, 4.69) is 15.4 Å². The van der Waals surface area contributed by atoms with Crippen molar-refractivity contribution in [2.24, 2.45) is 0 Å². The molecule has 0 aliphatic rings. The number of benzene rings is 1. The number of aromatic nitrogens is 3. The van der Waals surface area contributed by atoms with Crippen molar-refractivity contribution >= 4 is 11.7 Å². The van der Waals surface area contributed by atoms with Crippen LogP contribution >= 0.6 is 0 Å². The SMILES string of the molecule is CC[C@H](Nc1ccc(Cn2cncn2)cc1)C(=O)OC. The molecule has 0 aliphatic carbocycles. The van der Waals surface area contributed by atoms with Crippen LogP contribution in [0.2, 0.25) is 0 Å². The number of nitrogens with one attached hydrogen (secondary N) is 1. The Balaban J connectivity index is 1.99. The van der Waals surface area contributed by atoms with E-state index in [1.807, 2.05) is 31.2 Å². The monoisotopic (exact) mass is 274 g/mol. The van der Waals surface area contributed by atoms with E-state index in [4.69, 9.17) is 4.74 Å². The van der Waals surface area contributed by atoms with E-state index in [-0.39, 0.29) is 12.0 Å². The van der Waals surface area contributed by atoms with E-state index >= 15 is 0 Å². The van der Waals surface area contributed by atoms with Gasteiger partial charge in [-0.15, -0.1) is 0 Å². The van der Waals surface area contributed by atoms with Gasteiger partial charge < -0.3 is 10.1 Å². The Morgan fingerprint density at radius 1 is 1.40 bits per heavy atom. The van der Waals surface area contributed by atoms with Gasteiger partial charge in [-0.1, -0.05) is 19.1 Å². The molecule has 0 unspecified atom stereocenters. The summed E-state index contributed by atoms with van der Waals surface area (Å²) in [5.41, 5.74) is 2.01. The summed E-state index contributed by atoms with van der Waals surface area (Å²) in [6.07, 6.45) is 3.86. The van der Waals surface area contributed by atoms with Gasteiger partial charge in [0.1, 0.15) is 18.7 Å². The molecule has 1 N–H and O–H groups in total. The number of rotatable bonds is 6. The quantitative estimate of drug-likeness (QED) is 0.812. The highest BCUT2D eigenvalue weighted by atomic mass is 16.5. The first-order valence-corrected chi connectivity index (χ1v) is 6.48. The number of esters is 1. The fraction of sp³-hybridized carbons (Fsp3) is 0.357. The molecule has 0 bridgehead atoms. The Bertz CT molecular complexity index is 537. The fourth-order valence-corrected chi connectivity index (χ4v) is 1.88. The molecule has 1 atom stereocenters. The van der Waals surface area contributed by atoms with Crippen molar-refractivity contribution in [1.82, 2.24) is 14.8 Å². The molecule has 2 aromatic rings. The minimum Gasteiger partial charge on any atom is -0.467 e. The van der Waals surface area contributed by atoms with Crippen LogP contribution in [0.3, 0.4) is 0 Å². The molecule has 2 rings (SSSR count). The lowest BCUT2D eigenvalue weighted by atomic mass is 10.1. The van der Waals surface area contributed by atoms with Crippen LogP contribution < -0.4 is 5.32 Å². The lowest BCUT2D eigenvalue weighted by molar-refractivity contribution is -0.141.